The first-order chi connectivity index (χ1) is 8.83. The molecule has 1 nitrogen and oxygen atoms in total. The van der Waals surface area contributed by atoms with Crippen molar-refractivity contribution in [2.24, 2.45) is 5.41 Å². The molecule has 0 amide bonds. The lowest BCUT2D eigenvalue weighted by Crippen LogP contribution is -2.35. The number of halogens is 3. The molecule has 0 bridgehead atoms. The lowest BCUT2D eigenvalue weighted by molar-refractivity contribution is 0.230. The number of rotatable bonds is 6. The summed E-state index contributed by atoms with van der Waals surface area (Å²) in [6.45, 7) is 9.39. The lowest BCUT2D eigenvalue weighted by atomic mass is 9.78. The van der Waals surface area contributed by atoms with Crippen molar-refractivity contribution in [1.82, 2.24) is 5.32 Å². The van der Waals surface area contributed by atoms with Crippen LogP contribution in [0.2, 0.25) is 5.02 Å². The smallest absolute Gasteiger partial charge is 0.129 e. The maximum Gasteiger partial charge on any atom is 0.129 e. The molecule has 1 atom stereocenters. The first kappa shape index (κ1) is 16.9. The molecule has 0 aromatic heterocycles. The van der Waals surface area contributed by atoms with Crippen LogP contribution in [0.25, 0.3) is 0 Å². The third-order valence-corrected chi connectivity index (χ3v) is 4.84. The van der Waals surface area contributed by atoms with Gasteiger partial charge in [0.1, 0.15) is 5.82 Å². The summed E-state index contributed by atoms with van der Waals surface area (Å²) in [6, 6.07) is 3.14. The molecular formula is C15H22BrClFN. The summed E-state index contributed by atoms with van der Waals surface area (Å²) in [5, 5.41) is 4.00. The molecule has 108 valence electrons. The van der Waals surface area contributed by atoms with Gasteiger partial charge in [-0.25, -0.2) is 4.39 Å². The molecule has 0 heterocycles. The highest BCUT2D eigenvalue weighted by Crippen LogP contribution is 2.39. The Morgan fingerprint density at radius 3 is 2.53 bits per heavy atom. The third kappa shape index (κ3) is 4.17. The maximum atomic E-state index is 14.2. The van der Waals surface area contributed by atoms with Gasteiger partial charge in [-0.1, -0.05) is 39.3 Å². The molecule has 0 fully saturated rings. The molecule has 1 rings (SSSR count). The Balaban J connectivity index is 3.21. The van der Waals surface area contributed by atoms with Gasteiger partial charge in [0, 0.05) is 16.1 Å². The number of hydrogen-bond donors (Lipinski definition) is 1. The quantitative estimate of drug-likeness (QED) is 0.647. The minimum atomic E-state index is -0.216. The Labute approximate surface area is 129 Å². The van der Waals surface area contributed by atoms with Crippen molar-refractivity contribution in [3.8, 4) is 0 Å². The summed E-state index contributed by atoms with van der Waals surface area (Å²) < 4.78 is 14.8. The van der Waals surface area contributed by atoms with Crippen LogP contribution in [0.15, 0.2) is 16.6 Å². The minimum absolute atomic E-state index is 0.0346. The van der Waals surface area contributed by atoms with E-state index in [0.717, 1.165) is 19.4 Å². The topological polar surface area (TPSA) is 12.0 Å². The first-order valence-corrected chi connectivity index (χ1v) is 7.88. The highest BCUT2D eigenvalue weighted by Gasteiger charge is 2.31. The van der Waals surface area contributed by atoms with E-state index in [1.165, 1.54) is 6.07 Å². The molecule has 0 radical (unpaired) electrons. The van der Waals surface area contributed by atoms with E-state index in [0.29, 0.717) is 15.1 Å². The van der Waals surface area contributed by atoms with E-state index in [4.69, 9.17) is 11.6 Å². The van der Waals surface area contributed by atoms with Crippen LogP contribution in [0.4, 0.5) is 4.39 Å². The number of hydrogen-bond acceptors (Lipinski definition) is 1. The minimum Gasteiger partial charge on any atom is -0.309 e. The van der Waals surface area contributed by atoms with E-state index in [2.05, 4.69) is 48.9 Å². The first-order valence-electron chi connectivity index (χ1n) is 6.71. The fraction of sp³-hybridized carbons (Fsp3) is 0.600. The van der Waals surface area contributed by atoms with Crippen LogP contribution in [0, 0.1) is 11.2 Å². The Bertz CT molecular complexity index is 434. The van der Waals surface area contributed by atoms with E-state index in [1.807, 2.05) is 0 Å². The van der Waals surface area contributed by atoms with Gasteiger partial charge < -0.3 is 5.32 Å². The van der Waals surface area contributed by atoms with Gasteiger partial charge in [0.15, 0.2) is 0 Å². The Morgan fingerprint density at radius 2 is 2.00 bits per heavy atom. The lowest BCUT2D eigenvalue weighted by Gasteiger charge is -2.35. The van der Waals surface area contributed by atoms with Gasteiger partial charge in [-0.3, -0.25) is 0 Å². The van der Waals surface area contributed by atoms with E-state index < -0.39 is 0 Å². The molecule has 1 unspecified atom stereocenters. The van der Waals surface area contributed by atoms with Crippen LogP contribution in [0.5, 0.6) is 0 Å². The van der Waals surface area contributed by atoms with Crippen molar-refractivity contribution in [2.45, 2.75) is 46.6 Å². The Hall–Kier alpha value is -0.120. The molecule has 0 saturated heterocycles. The molecule has 1 aromatic rings. The highest BCUT2D eigenvalue weighted by molar-refractivity contribution is 9.10. The van der Waals surface area contributed by atoms with Gasteiger partial charge in [-0.2, -0.15) is 0 Å². The predicted octanol–water partition coefficient (Wildman–Crippen LogP) is 5.72. The fourth-order valence-corrected chi connectivity index (χ4v) is 2.55. The van der Waals surface area contributed by atoms with Gasteiger partial charge >= 0.3 is 0 Å². The predicted molar refractivity (Wildman–Crippen MR) is 84.2 cm³/mol. The molecule has 0 spiro atoms. The van der Waals surface area contributed by atoms with Crippen molar-refractivity contribution in [3.05, 3.63) is 33.0 Å². The van der Waals surface area contributed by atoms with Gasteiger partial charge in [0.25, 0.3) is 0 Å². The highest BCUT2D eigenvalue weighted by atomic mass is 79.9. The summed E-state index contributed by atoms with van der Waals surface area (Å²) in [7, 11) is 0. The summed E-state index contributed by atoms with van der Waals surface area (Å²) in [5.41, 5.74) is 0.612. The third-order valence-electron chi connectivity index (χ3n) is 3.64. The van der Waals surface area contributed by atoms with E-state index >= 15 is 0 Å². The molecule has 0 saturated carbocycles. The Morgan fingerprint density at radius 1 is 1.37 bits per heavy atom. The van der Waals surface area contributed by atoms with Gasteiger partial charge in [0.2, 0.25) is 0 Å². The zero-order valence-corrected chi connectivity index (χ0v) is 14.3. The van der Waals surface area contributed by atoms with Crippen LogP contribution in [-0.2, 0) is 0 Å². The van der Waals surface area contributed by atoms with E-state index in [1.54, 1.807) is 6.07 Å². The van der Waals surface area contributed by atoms with Crippen LogP contribution in [0.1, 0.15) is 52.1 Å². The molecular weight excluding hydrogens is 329 g/mol. The average Bonchev–Trinajstić information content (AvgIpc) is 2.35. The van der Waals surface area contributed by atoms with Gasteiger partial charge in [-0.05, 0) is 52.9 Å². The van der Waals surface area contributed by atoms with Crippen molar-refractivity contribution in [1.29, 1.82) is 0 Å². The second-order valence-corrected chi connectivity index (χ2v) is 6.78. The second-order valence-electron chi connectivity index (χ2n) is 5.52. The summed E-state index contributed by atoms with van der Waals surface area (Å²) >= 11 is 9.37. The second kappa shape index (κ2) is 7.05. The molecule has 0 aliphatic rings. The van der Waals surface area contributed by atoms with E-state index in [9.17, 15) is 4.39 Å². The maximum absolute atomic E-state index is 14.2. The Kier molecular flexibility index (Phi) is 6.28. The zero-order chi connectivity index (χ0) is 14.6. The standard InChI is InChI=1S/C15H22BrClFN/c1-5-7-19-14(15(3,4)6-2)10-8-12(17)11(16)9-13(10)18/h8-9,14,19H,5-7H2,1-4H3. The zero-order valence-electron chi connectivity index (χ0n) is 12.0. The van der Waals surface area contributed by atoms with Crippen LogP contribution in [0.3, 0.4) is 0 Å². The number of nitrogens with one attached hydrogen (secondary N) is 1. The van der Waals surface area contributed by atoms with Crippen LogP contribution in [-0.4, -0.2) is 6.54 Å². The summed E-state index contributed by atoms with van der Waals surface area (Å²) in [4.78, 5) is 0. The summed E-state index contributed by atoms with van der Waals surface area (Å²) in [6.07, 6.45) is 1.98. The normalized spacial score (nSPS) is 13.6. The van der Waals surface area contributed by atoms with Gasteiger partial charge in [-0.15, -0.1) is 0 Å². The summed E-state index contributed by atoms with van der Waals surface area (Å²) in [5.74, 6) is -0.216. The van der Waals surface area contributed by atoms with Crippen molar-refractivity contribution < 1.29 is 4.39 Å². The molecule has 1 N–H and O–H groups in total. The van der Waals surface area contributed by atoms with Gasteiger partial charge in [0.05, 0.1) is 5.02 Å². The van der Waals surface area contributed by atoms with Crippen molar-refractivity contribution in [3.63, 3.8) is 0 Å². The largest absolute Gasteiger partial charge is 0.309 e. The monoisotopic (exact) mass is 349 g/mol. The molecule has 0 aliphatic carbocycles. The molecule has 1 aromatic carbocycles. The van der Waals surface area contributed by atoms with Crippen molar-refractivity contribution in [2.75, 3.05) is 6.54 Å². The SMILES string of the molecule is CCCNC(c1cc(Cl)c(Br)cc1F)C(C)(C)CC. The average molecular weight is 351 g/mol. The van der Waals surface area contributed by atoms with Crippen LogP contribution < -0.4 is 5.32 Å². The molecule has 0 aliphatic heterocycles. The van der Waals surface area contributed by atoms with Crippen molar-refractivity contribution >= 4 is 27.5 Å². The number of benzene rings is 1. The molecule has 4 heteroatoms. The van der Waals surface area contributed by atoms with Crippen LogP contribution >= 0.6 is 27.5 Å². The fourth-order valence-electron chi connectivity index (χ4n) is 2.06. The van der Waals surface area contributed by atoms with E-state index in [-0.39, 0.29) is 17.3 Å². The molecule has 19 heavy (non-hydrogen) atoms.